The molecule has 0 saturated carbocycles. The molecule has 1 aliphatic rings. The lowest BCUT2D eigenvalue weighted by atomic mass is 10.1. The normalized spacial score (nSPS) is 18.1. The monoisotopic (exact) mass is 418 g/mol. The van der Waals surface area contributed by atoms with Crippen LogP contribution in [0.4, 0.5) is 10.1 Å². The molecule has 2 aromatic rings. The van der Waals surface area contributed by atoms with Gasteiger partial charge in [-0.05, 0) is 48.9 Å². The summed E-state index contributed by atoms with van der Waals surface area (Å²) in [5.41, 5.74) is 7.66. The fourth-order valence-corrected chi connectivity index (χ4v) is 3.54. The van der Waals surface area contributed by atoms with Gasteiger partial charge in [0.2, 0.25) is 11.8 Å². The van der Waals surface area contributed by atoms with Gasteiger partial charge in [0.1, 0.15) is 11.1 Å². The molecule has 6 nitrogen and oxygen atoms in total. The Labute approximate surface area is 170 Å². The minimum atomic E-state index is -0.702. The number of nitrogens with zero attached hydrogens (tertiary/aromatic N) is 3. The van der Waals surface area contributed by atoms with Crippen LogP contribution in [0.2, 0.25) is 5.02 Å². The summed E-state index contributed by atoms with van der Waals surface area (Å²) in [5.74, 6) is -1.24. The topological polar surface area (TPSA) is 88.1 Å². The highest BCUT2D eigenvalue weighted by molar-refractivity contribution is 8.14. The van der Waals surface area contributed by atoms with Crippen LogP contribution in [0.1, 0.15) is 18.9 Å². The molecule has 2 amide bonds. The molecule has 0 unspecified atom stereocenters. The largest absolute Gasteiger partial charge is 0.377 e. The van der Waals surface area contributed by atoms with E-state index >= 15 is 0 Å². The summed E-state index contributed by atoms with van der Waals surface area (Å²) in [4.78, 5) is 25.8. The van der Waals surface area contributed by atoms with Crippen molar-refractivity contribution in [2.24, 2.45) is 15.9 Å². The summed E-state index contributed by atoms with van der Waals surface area (Å²) in [7, 11) is 0. The number of benzene rings is 2. The number of carbonyl (C=O) groups excluding carboxylic acids is 2. The molecule has 3 rings (SSSR count). The molecule has 1 fully saturated rings. The number of hydrogen-bond acceptors (Lipinski definition) is 5. The number of imide groups is 1. The molecular formula is C19H16ClFN4O2S. The maximum Gasteiger partial charge on any atom is 0.247 e. The zero-order chi connectivity index (χ0) is 20.3. The van der Waals surface area contributed by atoms with Crippen molar-refractivity contribution in [3.05, 3.63) is 64.9 Å². The predicted octanol–water partition coefficient (Wildman–Crippen LogP) is 3.58. The molecule has 1 atom stereocenters. The number of nitrogens with two attached hydrogens (primary N) is 1. The smallest absolute Gasteiger partial charge is 0.247 e. The van der Waals surface area contributed by atoms with Crippen molar-refractivity contribution in [3.63, 3.8) is 0 Å². The zero-order valence-electron chi connectivity index (χ0n) is 14.8. The summed E-state index contributed by atoms with van der Waals surface area (Å²) in [6.45, 7) is 1.77. The highest BCUT2D eigenvalue weighted by Gasteiger charge is 2.40. The number of rotatable bonds is 4. The number of halogens is 2. The van der Waals surface area contributed by atoms with Crippen LogP contribution < -0.4 is 10.6 Å². The Balaban J connectivity index is 1.69. The highest BCUT2D eigenvalue weighted by atomic mass is 35.5. The SMILES string of the molecule is C/C(=N/N=C(N)S[C@H]1CC(=O)N(c2ccc(F)cc2)C1=O)c1ccc(Cl)cc1. The van der Waals surface area contributed by atoms with E-state index in [1.165, 1.54) is 24.3 Å². The van der Waals surface area contributed by atoms with Crippen LogP contribution in [0.3, 0.4) is 0 Å². The first-order chi connectivity index (χ1) is 13.3. The van der Waals surface area contributed by atoms with Crippen LogP contribution in [0.15, 0.2) is 58.7 Å². The molecule has 9 heteroatoms. The Morgan fingerprint density at radius 1 is 1.14 bits per heavy atom. The first-order valence-electron chi connectivity index (χ1n) is 8.28. The Kier molecular flexibility index (Phi) is 6.11. The Hall–Kier alpha value is -2.71. The summed E-state index contributed by atoms with van der Waals surface area (Å²) in [6.07, 6.45) is -0.0169. The maximum absolute atomic E-state index is 13.1. The number of carbonyl (C=O) groups is 2. The van der Waals surface area contributed by atoms with E-state index in [0.717, 1.165) is 22.2 Å². The van der Waals surface area contributed by atoms with Crippen LogP contribution in [-0.2, 0) is 9.59 Å². The predicted molar refractivity (Wildman–Crippen MR) is 110 cm³/mol. The van der Waals surface area contributed by atoms with Crippen molar-refractivity contribution in [3.8, 4) is 0 Å². The molecule has 1 heterocycles. The number of amidine groups is 1. The fourth-order valence-electron chi connectivity index (χ4n) is 2.60. The van der Waals surface area contributed by atoms with Crippen molar-refractivity contribution >= 4 is 51.7 Å². The second-order valence-electron chi connectivity index (χ2n) is 5.98. The molecule has 2 N–H and O–H groups in total. The highest BCUT2D eigenvalue weighted by Crippen LogP contribution is 2.29. The second-order valence-corrected chi connectivity index (χ2v) is 7.64. The third-order valence-electron chi connectivity index (χ3n) is 4.01. The molecule has 0 aromatic heterocycles. The van der Waals surface area contributed by atoms with Gasteiger partial charge < -0.3 is 5.73 Å². The standard InChI is InChI=1S/C19H16ClFN4O2S/c1-11(12-2-4-13(20)5-3-12)23-24-19(22)28-16-10-17(26)25(18(16)27)15-8-6-14(21)7-9-15/h2-9,16H,10H2,1H3,(H2,22,24)/b23-11-/t16-/m0/s1. The van der Waals surface area contributed by atoms with Crippen molar-refractivity contribution in [1.29, 1.82) is 0 Å². The van der Waals surface area contributed by atoms with Crippen LogP contribution >= 0.6 is 23.4 Å². The summed E-state index contributed by atoms with van der Waals surface area (Å²) >= 11 is 6.83. The summed E-state index contributed by atoms with van der Waals surface area (Å²) in [6, 6.07) is 12.3. The average molecular weight is 419 g/mol. The first-order valence-corrected chi connectivity index (χ1v) is 9.53. The molecule has 0 spiro atoms. The molecule has 0 aliphatic carbocycles. The lowest BCUT2D eigenvalue weighted by Gasteiger charge is -2.14. The van der Waals surface area contributed by atoms with E-state index in [0.29, 0.717) is 16.4 Å². The van der Waals surface area contributed by atoms with Gasteiger partial charge in [0.25, 0.3) is 0 Å². The molecule has 28 heavy (non-hydrogen) atoms. The Morgan fingerprint density at radius 2 is 1.79 bits per heavy atom. The van der Waals surface area contributed by atoms with Gasteiger partial charge in [-0.1, -0.05) is 35.5 Å². The van der Waals surface area contributed by atoms with Gasteiger partial charge in [-0.15, -0.1) is 5.10 Å². The van der Waals surface area contributed by atoms with E-state index in [9.17, 15) is 14.0 Å². The molecule has 0 radical (unpaired) electrons. The number of amides is 2. The van der Waals surface area contributed by atoms with E-state index in [1.807, 2.05) is 0 Å². The minimum Gasteiger partial charge on any atom is -0.377 e. The summed E-state index contributed by atoms with van der Waals surface area (Å²) < 4.78 is 13.1. The first kappa shape index (κ1) is 20.0. The molecular weight excluding hydrogens is 403 g/mol. The van der Waals surface area contributed by atoms with Gasteiger partial charge in [0.15, 0.2) is 5.17 Å². The van der Waals surface area contributed by atoms with E-state index < -0.39 is 17.0 Å². The second kappa shape index (κ2) is 8.53. The van der Waals surface area contributed by atoms with Crippen molar-refractivity contribution in [1.82, 2.24) is 0 Å². The van der Waals surface area contributed by atoms with Crippen molar-refractivity contribution in [2.75, 3.05) is 4.90 Å². The number of thioether (sulfide) groups is 1. The van der Waals surface area contributed by atoms with Crippen LogP contribution in [0.25, 0.3) is 0 Å². The maximum atomic E-state index is 13.1. The van der Waals surface area contributed by atoms with Crippen LogP contribution in [0, 0.1) is 5.82 Å². The molecule has 1 saturated heterocycles. The Bertz CT molecular complexity index is 961. The van der Waals surface area contributed by atoms with Crippen LogP contribution in [0.5, 0.6) is 0 Å². The van der Waals surface area contributed by atoms with Crippen LogP contribution in [-0.4, -0.2) is 27.9 Å². The molecule has 1 aliphatic heterocycles. The third-order valence-corrected chi connectivity index (χ3v) is 5.24. The average Bonchev–Trinajstić information content (AvgIpc) is 2.94. The lowest BCUT2D eigenvalue weighted by molar-refractivity contribution is -0.121. The van der Waals surface area contributed by atoms with E-state index in [-0.39, 0.29) is 17.5 Å². The lowest BCUT2D eigenvalue weighted by Crippen LogP contribution is -2.31. The number of hydrogen-bond donors (Lipinski definition) is 1. The quantitative estimate of drug-likeness (QED) is 0.355. The van der Waals surface area contributed by atoms with Crippen molar-refractivity contribution in [2.45, 2.75) is 18.6 Å². The zero-order valence-corrected chi connectivity index (χ0v) is 16.4. The Morgan fingerprint density at radius 3 is 2.43 bits per heavy atom. The van der Waals surface area contributed by atoms with Gasteiger partial charge in [-0.25, -0.2) is 9.29 Å². The van der Waals surface area contributed by atoms with E-state index in [4.69, 9.17) is 17.3 Å². The summed E-state index contributed by atoms with van der Waals surface area (Å²) in [5, 5.41) is 7.98. The fraction of sp³-hybridized carbons (Fsp3) is 0.158. The molecule has 0 bridgehead atoms. The van der Waals surface area contributed by atoms with Gasteiger partial charge in [0, 0.05) is 11.4 Å². The molecule has 144 valence electrons. The van der Waals surface area contributed by atoms with E-state index in [1.54, 1.807) is 31.2 Å². The third kappa shape index (κ3) is 4.58. The van der Waals surface area contributed by atoms with E-state index in [2.05, 4.69) is 10.2 Å². The van der Waals surface area contributed by atoms with Crippen molar-refractivity contribution < 1.29 is 14.0 Å². The van der Waals surface area contributed by atoms with Gasteiger partial charge in [-0.2, -0.15) is 5.10 Å². The van der Waals surface area contributed by atoms with Gasteiger partial charge >= 0.3 is 0 Å². The number of anilines is 1. The van der Waals surface area contributed by atoms with Gasteiger partial charge in [-0.3, -0.25) is 9.59 Å². The van der Waals surface area contributed by atoms with Gasteiger partial charge in [0.05, 0.1) is 11.4 Å². The molecule has 2 aromatic carbocycles. The minimum absolute atomic E-state index is 0.0169.